The average Bonchev–Trinajstić information content (AvgIpc) is 2.64. The second-order valence-corrected chi connectivity index (χ2v) is 7.06. The van der Waals surface area contributed by atoms with E-state index in [9.17, 15) is 9.59 Å². The molecule has 27 heavy (non-hydrogen) atoms. The van der Waals surface area contributed by atoms with Crippen molar-refractivity contribution < 1.29 is 14.3 Å². The van der Waals surface area contributed by atoms with Crippen molar-refractivity contribution in [1.82, 2.24) is 0 Å². The highest BCUT2D eigenvalue weighted by atomic mass is 16.5. The summed E-state index contributed by atoms with van der Waals surface area (Å²) in [7, 11) is 0. The summed E-state index contributed by atoms with van der Waals surface area (Å²) in [6, 6.07) is 14.0. The number of fused-ring (bicyclic) bond motifs is 1. The number of nitrogens with zero attached hydrogens (tertiary/aromatic N) is 1. The van der Waals surface area contributed by atoms with Crippen LogP contribution in [0.3, 0.4) is 0 Å². The summed E-state index contributed by atoms with van der Waals surface area (Å²) >= 11 is 0. The minimum Gasteiger partial charge on any atom is -0.494 e. The van der Waals surface area contributed by atoms with E-state index in [1.165, 1.54) is 0 Å². The van der Waals surface area contributed by atoms with Gasteiger partial charge in [0.15, 0.2) is 0 Å². The van der Waals surface area contributed by atoms with E-state index in [0.717, 1.165) is 11.4 Å². The van der Waals surface area contributed by atoms with Gasteiger partial charge in [-0.3, -0.25) is 14.5 Å². The Kier molecular flexibility index (Phi) is 5.08. The normalized spacial score (nSPS) is 16.1. The van der Waals surface area contributed by atoms with Gasteiger partial charge in [-0.1, -0.05) is 12.1 Å². The molecular weight excluding hydrogens is 342 g/mol. The van der Waals surface area contributed by atoms with Crippen molar-refractivity contribution in [3.05, 3.63) is 48.5 Å². The van der Waals surface area contributed by atoms with Crippen molar-refractivity contribution >= 4 is 28.9 Å². The van der Waals surface area contributed by atoms with Gasteiger partial charge in [-0.15, -0.1) is 0 Å². The van der Waals surface area contributed by atoms with Crippen molar-refractivity contribution in [3.63, 3.8) is 0 Å². The van der Waals surface area contributed by atoms with Crippen molar-refractivity contribution in [2.45, 2.75) is 39.3 Å². The van der Waals surface area contributed by atoms with E-state index in [4.69, 9.17) is 4.74 Å². The molecule has 0 aromatic heterocycles. The van der Waals surface area contributed by atoms with Gasteiger partial charge in [0.2, 0.25) is 5.91 Å². The van der Waals surface area contributed by atoms with E-state index < -0.39 is 11.6 Å². The smallest absolute Gasteiger partial charge is 0.252 e. The molecule has 0 spiro atoms. The van der Waals surface area contributed by atoms with E-state index in [2.05, 4.69) is 10.6 Å². The maximum atomic E-state index is 13.0. The molecule has 0 fully saturated rings. The van der Waals surface area contributed by atoms with Crippen molar-refractivity contribution in [2.24, 2.45) is 0 Å². The van der Waals surface area contributed by atoms with E-state index in [1.807, 2.05) is 45.0 Å². The molecule has 2 amide bonds. The number of nitrogens with one attached hydrogen (secondary N) is 2. The van der Waals surface area contributed by atoms with E-state index in [1.54, 1.807) is 36.1 Å². The number of ether oxygens (including phenoxy) is 1. The number of amides is 2. The number of hydrogen-bond donors (Lipinski definition) is 2. The molecule has 6 heteroatoms. The molecule has 1 aliphatic rings. The molecular formula is C21H25N3O3. The monoisotopic (exact) mass is 367 g/mol. The molecule has 2 N–H and O–H groups in total. The highest BCUT2D eigenvalue weighted by molar-refractivity contribution is 6.12. The summed E-state index contributed by atoms with van der Waals surface area (Å²) in [4.78, 5) is 27.4. The first-order chi connectivity index (χ1) is 12.8. The maximum Gasteiger partial charge on any atom is 0.252 e. The Morgan fingerprint density at radius 3 is 2.52 bits per heavy atom. The number of benzene rings is 2. The van der Waals surface area contributed by atoms with Crippen molar-refractivity contribution in [3.8, 4) is 5.75 Å². The van der Waals surface area contributed by atoms with Crippen LogP contribution in [0.5, 0.6) is 5.75 Å². The highest BCUT2D eigenvalue weighted by Crippen LogP contribution is 2.36. The van der Waals surface area contributed by atoms with Crippen LogP contribution in [0, 0.1) is 0 Å². The largest absolute Gasteiger partial charge is 0.494 e. The Morgan fingerprint density at radius 1 is 1.19 bits per heavy atom. The zero-order valence-corrected chi connectivity index (χ0v) is 16.1. The Labute approximate surface area is 159 Å². The second kappa shape index (κ2) is 7.31. The van der Waals surface area contributed by atoms with Gasteiger partial charge >= 0.3 is 0 Å². The van der Waals surface area contributed by atoms with E-state index >= 15 is 0 Å². The summed E-state index contributed by atoms with van der Waals surface area (Å²) in [5.41, 5.74) is 1.41. The fourth-order valence-electron chi connectivity index (χ4n) is 3.14. The molecule has 1 heterocycles. The molecule has 2 aromatic rings. The lowest BCUT2D eigenvalue weighted by molar-refractivity contribution is -0.125. The predicted octanol–water partition coefficient (Wildman–Crippen LogP) is 3.65. The Morgan fingerprint density at radius 2 is 1.85 bits per heavy atom. The first kappa shape index (κ1) is 18.8. The lowest BCUT2D eigenvalue weighted by Gasteiger charge is -2.42. The minimum atomic E-state index is -0.790. The molecule has 2 aromatic carbocycles. The fraction of sp³-hybridized carbons (Fsp3) is 0.333. The van der Waals surface area contributed by atoms with Gasteiger partial charge in [0, 0.05) is 5.69 Å². The highest BCUT2D eigenvalue weighted by Gasteiger charge is 2.42. The topological polar surface area (TPSA) is 70.7 Å². The molecule has 142 valence electrons. The van der Waals surface area contributed by atoms with Crippen LogP contribution in [-0.2, 0) is 9.59 Å². The lowest BCUT2D eigenvalue weighted by Crippen LogP contribution is -2.58. The molecule has 0 bridgehead atoms. The number of hydrogen-bond acceptors (Lipinski definition) is 4. The summed E-state index contributed by atoms with van der Waals surface area (Å²) in [5, 5.41) is 6.12. The van der Waals surface area contributed by atoms with Gasteiger partial charge in [-0.2, -0.15) is 0 Å². The van der Waals surface area contributed by atoms with Gasteiger partial charge in [-0.25, -0.2) is 0 Å². The van der Waals surface area contributed by atoms with E-state index in [-0.39, 0.29) is 11.8 Å². The minimum absolute atomic E-state index is 0.143. The molecule has 6 nitrogen and oxygen atoms in total. The number of rotatable bonds is 5. The third-order valence-corrected chi connectivity index (χ3v) is 4.56. The van der Waals surface area contributed by atoms with Gasteiger partial charge in [0.1, 0.15) is 17.3 Å². The Balaban J connectivity index is 1.82. The summed E-state index contributed by atoms with van der Waals surface area (Å²) in [6.45, 7) is 7.87. The van der Waals surface area contributed by atoms with Crippen LogP contribution in [0.15, 0.2) is 48.5 Å². The third-order valence-electron chi connectivity index (χ3n) is 4.56. The van der Waals surface area contributed by atoms with Gasteiger partial charge in [-0.05, 0) is 64.1 Å². The summed E-state index contributed by atoms with van der Waals surface area (Å²) in [6.07, 6.45) is 0. The SMILES string of the molecule is CCOc1ccc(NC(=O)C(C)N2C(=O)C(C)(C)Nc3ccccc32)cc1. The molecule has 3 rings (SSSR count). The standard InChI is InChI=1S/C21H25N3O3/c1-5-27-16-12-10-15(11-13-16)22-19(25)14(2)24-18-9-7-6-8-17(18)23-21(3,4)20(24)26/h6-14,23H,5H2,1-4H3,(H,22,25). The number of carbonyl (C=O) groups is 2. The summed E-state index contributed by atoms with van der Waals surface area (Å²) < 4.78 is 5.41. The quantitative estimate of drug-likeness (QED) is 0.846. The van der Waals surface area contributed by atoms with Gasteiger partial charge < -0.3 is 15.4 Å². The molecule has 0 aliphatic carbocycles. The molecule has 0 radical (unpaired) electrons. The average molecular weight is 367 g/mol. The third kappa shape index (κ3) is 3.74. The van der Waals surface area contributed by atoms with Gasteiger partial charge in [0.05, 0.1) is 18.0 Å². The fourth-order valence-corrected chi connectivity index (χ4v) is 3.14. The van der Waals surface area contributed by atoms with Crippen LogP contribution in [-0.4, -0.2) is 30.0 Å². The Hall–Kier alpha value is -3.02. The molecule has 0 saturated carbocycles. The predicted molar refractivity (Wildman–Crippen MR) is 107 cm³/mol. The van der Waals surface area contributed by atoms with E-state index in [0.29, 0.717) is 18.0 Å². The first-order valence-corrected chi connectivity index (χ1v) is 9.08. The zero-order valence-electron chi connectivity index (χ0n) is 16.1. The van der Waals surface area contributed by atoms with Crippen LogP contribution in [0.1, 0.15) is 27.7 Å². The van der Waals surface area contributed by atoms with Crippen LogP contribution < -0.4 is 20.3 Å². The summed E-state index contributed by atoms with van der Waals surface area (Å²) in [5.74, 6) is 0.354. The van der Waals surface area contributed by atoms with Crippen LogP contribution in [0.25, 0.3) is 0 Å². The van der Waals surface area contributed by atoms with Crippen molar-refractivity contribution in [2.75, 3.05) is 22.1 Å². The number of carbonyl (C=O) groups excluding carboxylic acids is 2. The number of para-hydroxylation sites is 2. The molecule has 0 saturated heterocycles. The van der Waals surface area contributed by atoms with Crippen molar-refractivity contribution in [1.29, 1.82) is 0 Å². The number of anilines is 3. The second-order valence-electron chi connectivity index (χ2n) is 7.06. The van der Waals surface area contributed by atoms with Crippen LogP contribution >= 0.6 is 0 Å². The zero-order chi connectivity index (χ0) is 19.6. The molecule has 1 unspecified atom stereocenters. The Bertz CT molecular complexity index is 846. The lowest BCUT2D eigenvalue weighted by atomic mass is 9.96. The molecule has 1 atom stereocenters. The van der Waals surface area contributed by atoms with Crippen LogP contribution in [0.2, 0.25) is 0 Å². The first-order valence-electron chi connectivity index (χ1n) is 9.08. The van der Waals surface area contributed by atoms with Gasteiger partial charge in [0.25, 0.3) is 5.91 Å². The maximum absolute atomic E-state index is 13.0. The van der Waals surface area contributed by atoms with Crippen LogP contribution in [0.4, 0.5) is 17.1 Å². The molecule has 1 aliphatic heterocycles.